The molecule has 0 aliphatic rings. The van der Waals surface area contributed by atoms with Crippen molar-refractivity contribution < 1.29 is 9.53 Å². The molecule has 0 saturated heterocycles. The molecule has 1 N–H and O–H groups in total. The number of rotatable bonds is 9. The minimum atomic E-state index is -0.248. The molecular weight excluding hydrogens is 436 g/mol. The molecule has 2 aromatic heterocycles. The third-order valence-electron chi connectivity index (χ3n) is 4.49. The van der Waals surface area contributed by atoms with Crippen LogP contribution in [-0.4, -0.2) is 44.2 Å². The van der Waals surface area contributed by atoms with Gasteiger partial charge in [-0.05, 0) is 37.3 Å². The van der Waals surface area contributed by atoms with Gasteiger partial charge in [-0.15, -0.1) is 10.2 Å². The van der Waals surface area contributed by atoms with Crippen LogP contribution in [0.1, 0.15) is 12.5 Å². The lowest BCUT2D eigenvalue weighted by atomic mass is 10.2. The minimum Gasteiger partial charge on any atom is -0.494 e. The molecule has 0 unspecified atom stereocenters. The van der Waals surface area contributed by atoms with Crippen LogP contribution in [0.25, 0.3) is 17.1 Å². The third kappa shape index (κ3) is 5.83. The molecule has 2 heterocycles. The van der Waals surface area contributed by atoms with Gasteiger partial charge in [-0.25, -0.2) is 5.43 Å². The molecule has 0 atom stereocenters. The lowest BCUT2D eigenvalue weighted by molar-refractivity contribution is -0.118. The van der Waals surface area contributed by atoms with E-state index in [1.54, 1.807) is 24.7 Å². The number of carbonyl (C=O) groups is 1. The predicted octanol–water partition coefficient (Wildman–Crippen LogP) is 3.97. The summed E-state index contributed by atoms with van der Waals surface area (Å²) < 4.78 is 7.49. The zero-order chi connectivity index (χ0) is 22.9. The Kier molecular flexibility index (Phi) is 7.44. The van der Waals surface area contributed by atoms with Gasteiger partial charge in [-0.1, -0.05) is 48.2 Å². The van der Waals surface area contributed by atoms with Crippen molar-refractivity contribution in [3.63, 3.8) is 0 Å². The van der Waals surface area contributed by atoms with Gasteiger partial charge < -0.3 is 4.74 Å². The van der Waals surface area contributed by atoms with Crippen LogP contribution in [0.15, 0.2) is 89.4 Å². The average Bonchev–Trinajstić information content (AvgIpc) is 3.29. The highest BCUT2D eigenvalue weighted by Gasteiger charge is 2.17. The minimum absolute atomic E-state index is 0.133. The van der Waals surface area contributed by atoms with E-state index in [9.17, 15) is 4.79 Å². The normalized spacial score (nSPS) is 10.9. The lowest BCUT2D eigenvalue weighted by Crippen LogP contribution is -2.20. The van der Waals surface area contributed by atoms with Crippen LogP contribution in [0.3, 0.4) is 0 Å². The van der Waals surface area contributed by atoms with E-state index in [0.717, 1.165) is 22.6 Å². The molecule has 9 heteroatoms. The summed E-state index contributed by atoms with van der Waals surface area (Å²) in [5.41, 5.74) is 5.13. The van der Waals surface area contributed by atoms with Crippen molar-refractivity contribution in [2.24, 2.45) is 5.10 Å². The van der Waals surface area contributed by atoms with Crippen LogP contribution < -0.4 is 10.2 Å². The molecule has 0 bridgehead atoms. The first-order valence-electron chi connectivity index (χ1n) is 10.3. The Hall–Kier alpha value is -3.98. The molecule has 0 aliphatic carbocycles. The largest absolute Gasteiger partial charge is 0.494 e. The van der Waals surface area contributed by atoms with Gasteiger partial charge in [-0.3, -0.25) is 14.3 Å². The highest BCUT2D eigenvalue weighted by Crippen LogP contribution is 2.28. The molecule has 2 aromatic carbocycles. The van der Waals surface area contributed by atoms with E-state index < -0.39 is 0 Å². The summed E-state index contributed by atoms with van der Waals surface area (Å²) in [6.45, 7) is 2.54. The summed E-state index contributed by atoms with van der Waals surface area (Å²) in [5.74, 6) is 1.37. The van der Waals surface area contributed by atoms with E-state index in [0.29, 0.717) is 17.6 Å². The number of nitrogens with zero attached hydrogens (tertiary/aromatic N) is 5. The molecule has 4 aromatic rings. The summed E-state index contributed by atoms with van der Waals surface area (Å²) in [5, 5.41) is 13.3. The summed E-state index contributed by atoms with van der Waals surface area (Å²) in [7, 11) is 0. The average molecular weight is 459 g/mol. The van der Waals surface area contributed by atoms with Gasteiger partial charge in [-0.2, -0.15) is 5.10 Å². The van der Waals surface area contributed by atoms with Crippen molar-refractivity contribution in [2.45, 2.75) is 12.1 Å². The number of nitrogens with one attached hydrogen (secondary N) is 1. The van der Waals surface area contributed by atoms with Gasteiger partial charge >= 0.3 is 0 Å². The van der Waals surface area contributed by atoms with Crippen molar-refractivity contribution in [3.8, 4) is 22.8 Å². The fourth-order valence-corrected chi connectivity index (χ4v) is 3.77. The number of thioether (sulfide) groups is 1. The molecule has 0 saturated carbocycles. The van der Waals surface area contributed by atoms with Crippen LogP contribution in [-0.2, 0) is 4.79 Å². The molecule has 0 spiro atoms. The van der Waals surface area contributed by atoms with Gasteiger partial charge in [0.25, 0.3) is 5.91 Å². The molecule has 8 nitrogen and oxygen atoms in total. The van der Waals surface area contributed by atoms with E-state index in [1.165, 1.54) is 11.8 Å². The Labute approximate surface area is 195 Å². The first-order valence-corrected chi connectivity index (χ1v) is 11.3. The van der Waals surface area contributed by atoms with Crippen LogP contribution in [0.5, 0.6) is 5.75 Å². The Balaban J connectivity index is 1.52. The van der Waals surface area contributed by atoms with Crippen LogP contribution in [0.2, 0.25) is 0 Å². The molecule has 0 aliphatic heterocycles. The number of hydrogen-bond donors (Lipinski definition) is 1. The van der Waals surface area contributed by atoms with Gasteiger partial charge in [0.15, 0.2) is 11.0 Å². The summed E-state index contributed by atoms with van der Waals surface area (Å²) in [6.07, 6.45) is 4.89. The third-order valence-corrected chi connectivity index (χ3v) is 5.42. The Bertz CT molecular complexity index is 1210. The molecular formula is C24H22N6O2S. The molecule has 0 fully saturated rings. The Morgan fingerprint density at radius 1 is 1.09 bits per heavy atom. The van der Waals surface area contributed by atoms with Crippen LogP contribution in [0.4, 0.5) is 0 Å². The topological polar surface area (TPSA) is 94.3 Å². The molecule has 166 valence electrons. The predicted molar refractivity (Wildman–Crippen MR) is 129 cm³/mol. The molecule has 1 amide bonds. The van der Waals surface area contributed by atoms with Crippen molar-refractivity contribution in [1.82, 2.24) is 25.2 Å². The fraction of sp³-hybridized carbons (Fsp3) is 0.125. The van der Waals surface area contributed by atoms with Crippen LogP contribution >= 0.6 is 11.8 Å². The molecule has 0 radical (unpaired) electrons. The second-order valence-corrected chi connectivity index (χ2v) is 7.75. The van der Waals surface area contributed by atoms with Crippen molar-refractivity contribution in [3.05, 3.63) is 84.7 Å². The first kappa shape index (κ1) is 22.2. The van der Waals surface area contributed by atoms with Gasteiger partial charge in [0.05, 0.1) is 18.6 Å². The summed E-state index contributed by atoms with van der Waals surface area (Å²) >= 11 is 1.29. The molecule has 4 rings (SSSR count). The van der Waals surface area contributed by atoms with E-state index in [-0.39, 0.29) is 11.7 Å². The Morgan fingerprint density at radius 2 is 1.91 bits per heavy atom. The van der Waals surface area contributed by atoms with E-state index in [4.69, 9.17) is 4.74 Å². The van der Waals surface area contributed by atoms with Gasteiger partial charge in [0, 0.05) is 29.2 Å². The quantitative estimate of drug-likeness (QED) is 0.232. The number of aromatic nitrogens is 4. The number of amides is 1. The summed E-state index contributed by atoms with van der Waals surface area (Å²) in [6, 6.07) is 21.2. The number of hydrazone groups is 1. The SMILES string of the molecule is CCOc1ccc(-n2c(SCC(=O)N/N=C\c3cccnc3)nnc2-c2ccccc2)cc1. The van der Waals surface area contributed by atoms with Crippen LogP contribution in [0, 0.1) is 0 Å². The maximum absolute atomic E-state index is 12.3. The lowest BCUT2D eigenvalue weighted by Gasteiger charge is -2.11. The number of benzene rings is 2. The second kappa shape index (κ2) is 11.1. The first-order chi connectivity index (χ1) is 16.2. The number of pyridine rings is 1. The smallest absolute Gasteiger partial charge is 0.250 e. The van der Waals surface area contributed by atoms with Gasteiger partial charge in [0.2, 0.25) is 0 Å². The number of hydrogen-bond acceptors (Lipinski definition) is 7. The Morgan fingerprint density at radius 3 is 2.64 bits per heavy atom. The van der Waals surface area contributed by atoms with E-state index in [2.05, 4.69) is 25.7 Å². The van der Waals surface area contributed by atoms with Crippen molar-refractivity contribution in [2.75, 3.05) is 12.4 Å². The number of ether oxygens (including phenoxy) is 1. The summed E-state index contributed by atoms with van der Waals surface area (Å²) in [4.78, 5) is 16.3. The second-order valence-electron chi connectivity index (χ2n) is 6.80. The maximum Gasteiger partial charge on any atom is 0.250 e. The van der Waals surface area contributed by atoms with Crippen molar-refractivity contribution >= 4 is 23.9 Å². The van der Waals surface area contributed by atoms with E-state index in [1.807, 2.05) is 72.2 Å². The highest BCUT2D eigenvalue weighted by molar-refractivity contribution is 7.99. The maximum atomic E-state index is 12.3. The fourth-order valence-electron chi connectivity index (χ4n) is 3.02. The zero-order valence-electron chi connectivity index (χ0n) is 18.0. The van der Waals surface area contributed by atoms with E-state index >= 15 is 0 Å². The standard InChI is InChI=1S/C24H22N6O2S/c1-2-32-21-12-10-20(11-13-21)30-23(19-8-4-3-5-9-19)28-29-24(30)33-17-22(31)27-26-16-18-7-6-14-25-15-18/h3-16H,2,17H2,1H3,(H,27,31)/b26-16-. The molecule has 33 heavy (non-hydrogen) atoms. The van der Waals surface area contributed by atoms with Gasteiger partial charge in [0.1, 0.15) is 5.75 Å². The van der Waals surface area contributed by atoms with Crippen molar-refractivity contribution in [1.29, 1.82) is 0 Å². The number of carbonyl (C=O) groups excluding carboxylic acids is 1. The highest BCUT2D eigenvalue weighted by atomic mass is 32.2. The monoisotopic (exact) mass is 458 g/mol. The zero-order valence-corrected chi connectivity index (χ0v) is 18.8.